The number of quaternary nitrogens is 1. The third kappa shape index (κ3) is 7.69. The van der Waals surface area contributed by atoms with Crippen LogP contribution in [0.25, 0.3) is 16.9 Å². The highest BCUT2D eigenvalue weighted by Gasteiger charge is 2.26. The van der Waals surface area contributed by atoms with Crippen molar-refractivity contribution in [3.63, 3.8) is 0 Å². The van der Waals surface area contributed by atoms with Gasteiger partial charge in [0, 0.05) is 41.3 Å². The van der Waals surface area contributed by atoms with Crippen molar-refractivity contribution in [2.75, 3.05) is 40.1 Å². The van der Waals surface area contributed by atoms with E-state index in [1.807, 2.05) is 34.1 Å². The van der Waals surface area contributed by atoms with Crippen molar-refractivity contribution in [3.8, 4) is 17.0 Å². The van der Waals surface area contributed by atoms with Gasteiger partial charge < -0.3 is 37.6 Å². The summed E-state index contributed by atoms with van der Waals surface area (Å²) in [6, 6.07) is 8.39. The van der Waals surface area contributed by atoms with Crippen molar-refractivity contribution < 1.29 is 40.0 Å². The zero-order chi connectivity index (χ0) is 31.6. The van der Waals surface area contributed by atoms with E-state index in [0.29, 0.717) is 39.4 Å². The molecule has 45 heavy (non-hydrogen) atoms. The van der Waals surface area contributed by atoms with E-state index in [2.05, 4.69) is 25.9 Å². The van der Waals surface area contributed by atoms with Crippen LogP contribution in [-0.4, -0.2) is 77.5 Å². The summed E-state index contributed by atoms with van der Waals surface area (Å²) in [5.74, 6) is -1.96. The number of methoxy groups -OCH3 is 1. The number of hydrogen-bond donors (Lipinski definition) is 3. The predicted molar refractivity (Wildman–Crippen MR) is 164 cm³/mol. The second-order valence-electron chi connectivity index (χ2n) is 12.2. The fourth-order valence-corrected chi connectivity index (χ4v) is 5.58. The number of aryl methyl sites for hydroxylation is 1. The fraction of sp³-hybridized carbons (Fsp3) is 0.375. The van der Waals surface area contributed by atoms with Gasteiger partial charge >= 0.3 is 0 Å². The summed E-state index contributed by atoms with van der Waals surface area (Å²) >= 11 is 0. The molecule has 0 atom stereocenters. The van der Waals surface area contributed by atoms with Gasteiger partial charge in [-0.15, -0.1) is 0 Å². The number of nitrogens with zero attached hydrogens (tertiary/aromatic N) is 4. The highest BCUT2D eigenvalue weighted by Crippen LogP contribution is 2.31. The summed E-state index contributed by atoms with van der Waals surface area (Å²) in [5, 5.41) is 9.50. The molecule has 1 aliphatic rings. The van der Waals surface area contributed by atoms with Crippen LogP contribution in [0.1, 0.15) is 41.6 Å². The van der Waals surface area contributed by atoms with Crippen molar-refractivity contribution in [2.24, 2.45) is 0 Å². The molecule has 0 unspecified atom stereocenters. The Kier molecular flexibility index (Phi) is 10.3. The van der Waals surface area contributed by atoms with Gasteiger partial charge in [0.25, 0.3) is 11.8 Å². The smallest absolute Gasteiger partial charge is 0.275 e. The van der Waals surface area contributed by atoms with Gasteiger partial charge in [-0.05, 0) is 68.5 Å². The quantitative estimate of drug-likeness (QED) is 0.240. The lowest BCUT2D eigenvalue weighted by atomic mass is 9.90. The lowest BCUT2D eigenvalue weighted by Crippen LogP contribution is -3.00. The van der Waals surface area contributed by atoms with Crippen LogP contribution >= 0.6 is 0 Å². The van der Waals surface area contributed by atoms with E-state index in [1.165, 1.54) is 31.6 Å². The molecule has 4 aromatic rings. The third-order valence-electron chi connectivity index (χ3n) is 7.75. The van der Waals surface area contributed by atoms with E-state index in [-0.39, 0.29) is 47.6 Å². The largest absolute Gasteiger partial charge is 1.00 e. The Balaban J connectivity index is 0.00000461. The summed E-state index contributed by atoms with van der Waals surface area (Å²) in [6.07, 6.45) is 7.86. The number of nitrogens with one attached hydrogen (secondary N) is 3. The van der Waals surface area contributed by atoms with Crippen LogP contribution in [0.2, 0.25) is 0 Å². The number of ether oxygens (including phenoxy) is 1. The molecule has 3 N–H and O–H groups in total. The van der Waals surface area contributed by atoms with E-state index in [4.69, 9.17) is 4.74 Å². The zero-order valence-corrected chi connectivity index (χ0v) is 26.7. The molecular weight excluding hydrogens is 604 g/mol. The van der Waals surface area contributed by atoms with Crippen LogP contribution < -0.4 is 33.1 Å². The average Bonchev–Trinajstić information content (AvgIpc) is 3.39. The number of rotatable bonds is 9. The van der Waals surface area contributed by atoms with E-state index in [1.54, 1.807) is 22.7 Å². The number of carbonyl (C=O) groups is 2. The molecule has 10 nitrogen and oxygen atoms in total. The molecule has 0 spiro atoms. The maximum atomic E-state index is 14.8. The van der Waals surface area contributed by atoms with E-state index in [9.17, 15) is 18.4 Å². The maximum absolute atomic E-state index is 14.8. The van der Waals surface area contributed by atoms with Crippen LogP contribution in [0, 0.1) is 18.6 Å². The molecule has 2 aromatic heterocycles. The second kappa shape index (κ2) is 13.8. The minimum Gasteiger partial charge on any atom is -1.00 e. The van der Waals surface area contributed by atoms with Crippen molar-refractivity contribution in [1.82, 2.24) is 25.0 Å². The Morgan fingerprint density at radius 1 is 1.00 bits per heavy atom. The lowest BCUT2D eigenvalue weighted by molar-refractivity contribution is -0.862. The minimum atomic E-state index is -1.07. The molecule has 1 aliphatic carbocycles. The number of carbonyl (C=O) groups excluding carboxylic acids is 2. The normalized spacial score (nSPS) is 16.5. The van der Waals surface area contributed by atoms with Crippen molar-refractivity contribution in [1.29, 1.82) is 0 Å². The van der Waals surface area contributed by atoms with Crippen LogP contribution in [0.15, 0.2) is 48.9 Å². The van der Waals surface area contributed by atoms with Gasteiger partial charge in [0.05, 0.1) is 40.1 Å². The first-order valence-corrected chi connectivity index (χ1v) is 14.6. The Labute approximate surface area is 267 Å². The molecule has 13 heteroatoms. The Morgan fingerprint density at radius 3 is 2.33 bits per heavy atom. The molecule has 0 saturated heterocycles. The average molecular weight is 642 g/mol. The highest BCUT2D eigenvalue weighted by atomic mass is 35.5. The lowest BCUT2D eigenvalue weighted by Gasteiger charge is -2.31. The maximum Gasteiger partial charge on any atom is 0.275 e. The summed E-state index contributed by atoms with van der Waals surface area (Å²) in [6.45, 7) is 2.29. The van der Waals surface area contributed by atoms with Crippen molar-refractivity contribution in [3.05, 3.63) is 71.7 Å². The SMILES string of the molecule is COc1ccc(-c2cnc3c(Nc4ccc(C(=O)N[C@H]5CC[C@H](NC(=O)C[N+](C)(C)C)CC5)c(C)c4)nccn23)c(F)c1F.[Cl-]. The molecule has 1 saturated carbocycles. The number of anilines is 2. The van der Waals surface area contributed by atoms with Crippen molar-refractivity contribution >= 4 is 29.0 Å². The van der Waals surface area contributed by atoms with Gasteiger partial charge in [-0.2, -0.15) is 4.39 Å². The van der Waals surface area contributed by atoms with Gasteiger partial charge in [-0.1, -0.05) is 0 Å². The number of imidazole rings is 1. The first kappa shape index (κ1) is 33.6. The molecule has 0 aliphatic heterocycles. The van der Waals surface area contributed by atoms with E-state index < -0.39 is 11.6 Å². The first-order chi connectivity index (χ1) is 20.9. The Morgan fingerprint density at radius 2 is 1.69 bits per heavy atom. The number of benzene rings is 2. The molecule has 2 heterocycles. The highest BCUT2D eigenvalue weighted by molar-refractivity contribution is 5.96. The molecular formula is C32H38ClF2N7O3. The number of aromatic nitrogens is 3. The Hall–Kier alpha value is -4.29. The van der Waals surface area contributed by atoms with Crippen LogP contribution in [-0.2, 0) is 4.79 Å². The summed E-state index contributed by atoms with van der Waals surface area (Å²) in [7, 11) is 7.24. The number of amides is 2. The van der Waals surface area contributed by atoms with Crippen LogP contribution in [0.3, 0.4) is 0 Å². The van der Waals surface area contributed by atoms with E-state index >= 15 is 0 Å². The van der Waals surface area contributed by atoms with Crippen LogP contribution in [0.4, 0.5) is 20.3 Å². The zero-order valence-electron chi connectivity index (χ0n) is 26.0. The number of likely N-dealkylation sites (N-methyl/N-ethyl adjacent to an activating group) is 1. The molecule has 2 aromatic carbocycles. The third-order valence-corrected chi connectivity index (χ3v) is 7.75. The molecule has 0 radical (unpaired) electrons. The predicted octanol–water partition coefficient (Wildman–Crippen LogP) is 1.60. The van der Waals surface area contributed by atoms with Crippen molar-refractivity contribution in [2.45, 2.75) is 44.7 Å². The number of hydrogen-bond acceptors (Lipinski definition) is 6. The van der Waals surface area contributed by atoms with Gasteiger partial charge in [-0.25, -0.2) is 14.4 Å². The second-order valence-corrected chi connectivity index (χ2v) is 12.2. The standard InChI is InChI=1S/C32H37F2N7O3.ClH/c1-19-16-22(10-11-23(19)32(43)39-21-8-6-20(7-9-21)37-27(42)18-41(2,3)4)38-30-31-36-17-25(40(31)15-14-35-30)24-12-13-26(44-5)29(34)28(24)33;/h10-17,20-21H,6-9,18H2,1-5H3,(H2-,35,37,38,39,42,43);1H/t20-,21-;. The first-order valence-electron chi connectivity index (χ1n) is 14.6. The topological polar surface area (TPSA) is 110 Å². The van der Waals surface area contributed by atoms with Gasteiger partial charge in [0.1, 0.15) is 0 Å². The summed E-state index contributed by atoms with van der Waals surface area (Å²) in [4.78, 5) is 34.2. The minimum absolute atomic E-state index is 0. The van der Waals surface area contributed by atoms with Gasteiger partial charge in [0.2, 0.25) is 5.82 Å². The van der Waals surface area contributed by atoms with E-state index in [0.717, 1.165) is 31.2 Å². The molecule has 0 bridgehead atoms. The summed E-state index contributed by atoms with van der Waals surface area (Å²) < 4.78 is 36.3. The van der Waals surface area contributed by atoms with Crippen LogP contribution in [0.5, 0.6) is 5.75 Å². The molecule has 2 amide bonds. The molecule has 5 rings (SSSR count). The molecule has 1 fully saturated rings. The molecule has 240 valence electrons. The number of fused-ring (bicyclic) bond motifs is 1. The van der Waals surface area contributed by atoms with Gasteiger partial charge in [0.15, 0.2) is 29.6 Å². The van der Waals surface area contributed by atoms with Gasteiger partial charge in [-0.3, -0.25) is 14.0 Å². The monoisotopic (exact) mass is 641 g/mol. The summed E-state index contributed by atoms with van der Waals surface area (Å²) in [5.41, 5.74) is 2.85. The fourth-order valence-electron chi connectivity index (χ4n) is 5.58. The number of halogens is 3. The Bertz CT molecular complexity index is 1700.